The minimum Gasteiger partial charge on any atom is -0.309 e. The number of hydrogen-bond acceptors (Lipinski definition) is 9. The lowest BCUT2D eigenvalue weighted by molar-refractivity contribution is -0.139. The largest absolute Gasteiger partial charge is 0.418 e. The molecule has 0 spiro atoms. The molecule has 13 nitrogen and oxygen atoms in total. The van der Waals surface area contributed by atoms with Crippen molar-refractivity contribution in [1.29, 1.82) is 0 Å². The van der Waals surface area contributed by atoms with Gasteiger partial charge in [-0.25, -0.2) is 18.7 Å². The van der Waals surface area contributed by atoms with E-state index < -0.39 is 44.3 Å². The highest BCUT2D eigenvalue weighted by Gasteiger charge is 2.49. The van der Waals surface area contributed by atoms with Crippen molar-refractivity contribution in [2.45, 2.75) is 24.9 Å². The van der Waals surface area contributed by atoms with Gasteiger partial charge in [-0.05, 0) is 12.8 Å². The van der Waals surface area contributed by atoms with E-state index in [0.29, 0.717) is 31.1 Å². The molecule has 3 aliphatic heterocycles. The molecule has 2 bridgehead atoms. The summed E-state index contributed by atoms with van der Waals surface area (Å²) in [5.74, 6) is -0.356. The molecular formula is C13H22N4O9S2. The summed E-state index contributed by atoms with van der Waals surface area (Å²) in [5, 5.41) is 0.563. The molecule has 3 aliphatic rings. The third-order valence-electron chi connectivity index (χ3n) is 4.92. The minimum atomic E-state index is -4.84. The second kappa shape index (κ2) is 8.08. The number of amides is 3. The number of fused-ring (bicyclic) bond motifs is 2. The molecule has 15 heteroatoms. The number of hydrogen-bond donors (Lipinski definition) is 2. The van der Waals surface area contributed by atoms with Crippen LogP contribution < -0.4 is 5.48 Å². The predicted octanol–water partition coefficient (Wildman–Crippen LogP) is -2.23. The number of carbonyl (C=O) groups is 2. The Labute approximate surface area is 162 Å². The topological polar surface area (TPSA) is 163 Å². The van der Waals surface area contributed by atoms with Crippen LogP contribution in [0.5, 0.6) is 0 Å². The maximum atomic E-state index is 12.3. The number of sulfone groups is 1. The first-order chi connectivity index (χ1) is 13.1. The van der Waals surface area contributed by atoms with Gasteiger partial charge in [0.1, 0.15) is 6.04 Å². The first-order valence-corrected chi connectivity index (χ1v) is 11.9. The van der Waals surface area contributed by atoms with E-state index in [9.17, 15) is 26.4 Å². The number of piperidine rings is 1. The molecule has 160 valence electrons. The summed E-state index contributed by atoms with van der Waals surface area (Å²) < 4.78 is 57.5. The summed E-state index contributed by atoms with van der Waals surface area (Å²) in [5.41, 5.74) is 2.27. The summed E-state index contributed by atoms with van der Waals surface area (Å²) >= 11 is 0. The predicted molar refractivity (Wildman–Crippen MR) is 92.6 cm³/mol. The maximum Gasteiger partial charge on any atom is 0.418 e. The fraction of sp³-hybridized carbons (Fsp3) is 0.846. The van der Waals surface area contributed by atoms with Gasteiger partial charge in [-0.3, -0.25) is 19.1 Å². The highest BCUT2D eigenvalue weighted by atomic mass is 32.3. The molecule has 0 aromatic heterocycles. The van der Waals surface area contributed by atoms with Crippen LogP contribution in [-0.2, 0) is 34.2 Å². The molecule has 3 amide bonds. The van der Waals surface area contributed by atoms with Crippen molar-refractivity contribution in [3.63, 3.8) is 0 Å². The van der Waals surface area contributed by atoms with Crippen LogP contribution in [0.2, 0.25) is 0 Å². The average molecular weight is 442 g/mol. The van der Waals surface area contributed by atoms with Gasteiger partial charge in [0.25, 0.3) is 5.91 Å². The molecule has 3 saturated heterocycles. The Morgan fingerprint density at radius 1 is 1.25 bits per heavy atom. The van der Waals surface area contributed by atoms with Gasteiger partial charge in [-0.2, -0.15) is 13.5 Å². The number of hydroxylamine groups is 3. The van der Waals surface area contributed by atoms with Crippen LogP contribution in [0.4, 0.5) is 4.79 Å². The van der Waals surface area contributed by atoms with Crippen LogP contribution in [0.3, 0.4) is 0 Å². The van der Waals surface area contributed by atoms with Crippen molar-refractivity contribution in [3.05, 3.63) is 0 Å². The SMILES string of the molecule is O=C(NOCCN1CCS(=O)(=O)CC1)[C@@H]1CC[C@@H]2CN1C(=O)N2OS(=O)(=O)O. The van der Waals surface area contributed by atoms with E-state index >= 15 is 0 Å². The Balaban J connectivity index is 1.44. The summed E-state index contributed by atoms with van der Waals surface area (Å²) in [6.07, 6.45) is 0.596. The van der Waals surface area contributed by atoms with Gasteiger partial charge in [0.15, 0.2) is 9.84 Å². The molecule has 3 fully saturated rings. The van der Waals surface area contributed by atoms with Crippen molar-refractivity contribution in [2.24, 2.45) is 0 Å². The molecule has 2 atom stereocenters. The second-order valence-corrected chi connectivity index (χ2v) is 10.1. The quantitative estimate of drug-likeness (QED) is 0.250. The molecule has 3 rings (SSSR count). The van der Waals surface area contributed by atoms with Crippen molar-refractivity contribution < 1.29 is 40.1 Å². The van der Waals surface area contributed by atoms with E-state index in [1.807, 2.05) is 4.90 Å². The number of urea groups is 1. The van der Waals surface area contributed by atoms with Crippen molar-refractivity contribution in [2.75, 3.05) is 44.3 Å². The highest BCUT2D eigenvalue weighted by Crippen LogP contribution is 2.30. The molecular weight excluding hydrogens is 420 g/mol. The van der Waals surface area contributed by atoms with Gasteiger partial charge >= 0.3 is 16.4 Å². The Hall–Kier alpha value is -1.52. The molecule has 0 aromatic rings. The smallest absolute Gasteiger partial charge is 0.309 e. The molecule has 3 heterocycles. The first kappa shape index (κ1) is 21.2. The lowest BCUT2D eigenvalue weighted by Crippen LogP contribution is -2.50. The summed E-state index contributed by atoms with van der Waals surface area (Å²) in [6, 6.07) is -2.25. The number of nitrogens with zero attached hydrogens (tertiary/aromatic N) is 3. The van der Waals surface area contributed by atoms with Crippen LogP contribution in [0.1, 0.15) is 12.8 Å². The van der Waals surface area contributed by atoms with E-state index in [1.54, 1.807) is 0 Å². The highest BCUT2D eigenvalue weighted by molar-refractivity contribution is 7.91. The van der Waals surface area contributed by atoms with Crippen LogP contribution in [0, 0.1) is 0 Å². The fourth-order valence-corrected chi connectivity index (χ4v) is 5.11. The van der Waals surface area contributed by atoms with Crippen LogP contribution in [0.15, 0.2) is 0 Å². The molecule has 0 saturated carbocycles. The normalized spacial score (nSPS) is 27.8. The Bertz CT molecular complexity index is 817. The van der Waals surface area contributed by atoms with Crippen molar-refractivity contribution >= 4 is 32.2 Å². The molecule has 0 aromatic carbocycles. The van der Waals surface area contributed by atoms with E-state index in [1.165, 1.54) is 0 Å². The number of nitrogens with one attached hydrogen (secondary N) is 1. The lowest BCUT2D eigenvalue weighted by Gasteiger charge is -2.29. The van der Waals surface area contributed by atoms with E-state index in [0.717, 1.165) is 4.90 Å². The van der Waals surface area contributed by atoms with E-state index in [4.69, 9.17) is 9.39 Å². The summed E-state index contributed by atoms with van der Waals surface area (Å²) in [6.45, 7) is 1.51. The molecule has 2 N–H and O–H groups in total. The van der Waals surface area contributed by atoms with Gasteiger partial charge < -0.3 is 4.90 Å². The zero-order valence-electron chi connectivity index (χ0n) is 14.9. The third kappa shape index (κ3) is 5.09. The first-order valence-electron chi connectivity index (χ1n) is 8.67. The monoisotopic (exact) mass is 442 g/mol. The standard InChI is InChI=1S/C13H22N4O9S2/c18-12(14-25-6-3-15-4-7-27(20,21)8-5-15)11-2-1-10-9-16(11)13(19)17(10)26-28(22,23)24/h10-11H,1-9H2,(H,14,18)(H,22,23,24)/t10-,11+/m1/s1. The van der Waals surface area contributed by atoms with Crippen LogP contribution in [0.25, 0.3) is 0 Å². The minimum absolute atomic E-state index is 0.0920. The third-order valence-corrected chi connectivity index (χ3v) is 6.88. The Morgan fingerprint density at radius 3 is 2.57 bits per heavy atom. The second-order valence-electron chi connectivity index (χ2n) is 6.82. The molecule has 0 aliphatic carbocycles. The molecule has 0 unspecified atom stereocenters. The molecule has 28 heavy (non-hydrogen) atoms. The van der Waals surface area contributed by atoms with Crippen molar-refractivity contribution in [3.8, 4) is 0 Å². The lowest BCUT2D eigenvalue weighted by atomic mass is 10.0. The van der Waals surface area contributed by atoms with Gasteiger partial charge in [0, 0.05) is 26.2 Å². The van der Waals surface area contributed by atoms with Gasteiger partial charge in [0.05, 0.1) is 24.2 Å². The van der Waals surface area contributed by atoms with E-state index in [2.05, 4.69) is 9.76 Å². The van der Waals surface area contributed by atoms with Crippen LogP contribution >= 0.6 is 0 Å². The average Bonchev–Trinajstić information content (AvgIpc) is 2.83. The van der Waals surface area contributed by atoms with Gasteiger partial charge in [-0.1, -0.05) is 0 Å². The van der Waals surface area contributed by atoms with Crippen LogP contribution in [-0.4, -0.2) is 105 Å². The fourth-order valence-electron chi connectivity index (χ4n) is 3.44. The zero-order valence-corrected chi connectivity index (χ0v) is 16.5. The van der Waals surface area contributed by atoms with E-state index in [-0.39, 0.29) is 31.1 Å². The molecule has 0 radical (unpaired) electrons. The zero-order chi connectivity index (χ0) is 20.5. The Morgan fingerprint density at radius 2 is 1.93 bits per heavy atom. The number of carbonyl (C=O) groups excluding carboxylic acids is 2. The van der Waals surface area contributed by atoms with Gasteiger partial charge in [-0.15, -0.1) is 4.28 Å². The maximum absolute atomic E-state index is 12.3. The summed E-state index contributed by atoms with van der Waals surface area (Å²) in [4.78, 5) is 32.8. The number of rotatable bonds is 7. The summed E-state index contributed by atoms with van der Waals surface area (Å²) in [7, 11) is -7.80. The Kier molecular flexibility index (Phi) is 6.11. The van der Waals surface area contributed by atoms with Gasteiger partial charge in [0.2, 0.25) is 0 Å². The van der Waals surface area contributed by atoms with Crippen molar-refractivity contribution in [1.82, 2.24) is 20.3 Å².